The van der Waals surface area contributed by atoms with Crippen molar-refractivity contribution in [3.8, 4) is 0 Å². The Morgan fingerprint density at radius 3 is 2.62 bits per heavy atom. The molecule has 1 aliphatic heterocycles. The van der Waals surface area contributed by atoms with Gasteiger partial charge in [0, 0.05) is 12.5 Å². The fourth-order valence-corrected chi connectivity index (χ4v) is 3.52. The molecular weight excluding hydrogens is 269 g/mol. The second-order valence-electron chi connectivity index (χ2n) is 6.84. The van der Waals surface area contributed by atoms with Crippen LogP contribution in [-0.4, -0.2) is 34.1 Å². The minimum Gasteiger partial charge on any atom is -0.388 e. The third kappa shape index (κ3) is 2.82. The highest BCUT2D eigenvalue weighted by molar-refractivity contribution is 5.83. The molecule has 1 heterocycles. The number of hydrogen-bond donors (Lipinski definition) is 1. The monoisotopic (exact) mass is 291 g/mol. The fraction of sp³-hybridized carbons (Fsp3) is 0.588. The van der Waals surface area contributed by atoms with E-state index in [9.17, 15) is 14.3 Å². The van der Waals surface area contributed by atoms with E-state index in [2.05, 4.69) is 0 Å². The number of nitrogens with zero attached hydrogens (tertiary/aromatic N) is 1. The van der Waals surface area contributed by atoms with Crippen LogP contribution in [0.5, 0.6) is 0 Å². The minimum atomic E-state index is -0.855. The lowest BCUT2D eigenvalue weighted by Crippen LogP contribution is -2.48. The van der Waals surface area contributed by atoms with Crippen molar-refractivity contribution in [2.45, 2.75) is 50.7 Å². The molecule has 2 aliphatic rings. The van der Waals surface area contributed by atoms with Gasteiger partial charge in [0.2, 0.25) is 5.91 Å². The summed E-state index contributed by atoms with van der Waals surface area (Å²) in [6, 6.07) is 6.35. The molecule has 2 fully saturated rings. The van der Waals surface area contributed by atoms with Crippen LogP contribution >= 0.6 is 0 Å². The smallest absolute Gasteiger partial charge is 0.226 e. The van der Waals surface area contributed by atoms with Gasteiger partial charge in [0.05, 0.1) is 11.6 Å². The van der Waals surface area contributed by atoms with Crippen molar-refractivity contribution in [1.82, 2.24) is 4.90 Å². The summed E-state index contributed by atoms with van der Waals surface area (Å²) < 4.78 is 13.0. The van der Waals surface area contributed by atoms with E-state index in [1.54, 1.807) is 26.0 Å². The fourth-order valence-electron chi connectivity index (χ4n) is 3.52. The largest absolute Gasteiger partial charge is 0.388 e. The molecule has 1 aromatic carbocycles. The molecule has 3 nitrogen and oxygen atoms in total. The molecule has 3 atom stereocenters. The zero-order valence-electron chi connectivity index (χ0n) is 12.6. The molecule has 3 unspecified atom stereocenters. The van der Waals surface area contributed by atoms with E-state index in [-0.39, 0.29) is 29.6 Å². The average molecular weight is 291 g/mol. The van der Waals surface area contributed by atoms with E-state index in [4.69, 9.17) is 0 Å². The van der Waals surface area contributed by atoms with Gasteiger partial charge in [-0.05, 0) is 56.7 Å². The van der Waals surface area contributed by atoms with Crippen LogP contribution in [0.2, 0.25) is 0 Å². The van der Waals surface area contributed by atoms with E-state index in [1.807, 2.05) is 4.90 Å². The molecule has 114 valence electrons. The Balaban J connectivity index is 1.69. The van der Waals surface area contributed by atoms with Gasteiger partial charge in [-0.15, -0.1) is 0 Å². The lowest BCUT2D eigenvalue weighted by Gasteiger charge is -2.34. The summed E-state index contributed by atoms with van der Waals surface area (Å²) in [5.41, 5.74) is 0.181. The van der Waals surface area contributed by atoms with Gasteiger partial charge in [-0.25, -0.2) is 4.39 Å². The van der Waals surface area contributed by atoms with Crippen LogP contribution < -0.4 is 0 Å². The molecule has 1 aliphatic carbocycles. The van der Waals surface area contributed by atoms with Crippen molar-refractivity contribution in [2.75, 3.05) is 6.54 Å². The predicted octanol–water partition coefficient (Wildman–Crippen LogP) is 2.69. The van der Waals surface area contributed by atoms with Crippen LogP contribution in [0.25, 0.3) is 0 Å². The standard InChI is InChI=1S/C17H22FNO2/c1-17(2,21)15-4-3-9-19(15)16(20)14-10-13(14)11-5-7-12(18)8-6-11/h5-8,13-15,21H,3-4,9-10H2,1-2H3. The Labute approximate surface area is 124 Å². The number of hydrogen-bond acceptors (Lipinski definition) is 2. The SMILES string of the molecule is CC(C)(O)C1CCCN1C(=O)C1CC1c1ccc(F)cc1. The second-order valence-corrected chi connectivity index (χ2v) is 6.84. The summed E-state index contributed by atoms with van der Waals surface area (Å²) >= 11 is 0. The van der Waals surface area contributed by atoms with E-state index in [1.165, 1.54) is 12.1 Å². The van der Waals surface area contributed by atoms with Crippen molar-refractivity contribution < 1.29 is 14.3 Å². The molecule has 0 spiro atoms. The van der Waals surface area contributed by atoms with Gasteiger partial charge in [-0.2, -0.15) is 0 Å². The van der Waals surface area contributed by atoms with Crippen LogP contribution in [0.1, 0.15) is 44.6 Å². The van der Waals surface area contributed by atoms with Gasteiger partial charge >= 0.3 is 0 Å². The van der Waals surface area contributed by atoms with Crippen LogP contribution in [0.15, 0.2) is 24.3 Å². The third-order valence-corrected chi connectivity index (χ3v) is 4.76. The van der Waals surface area contributed by atoms with Gasteiger partial charge < -0.3 is 10.0 Å². The minimum absolute atomic E-state index is 0.00147. The van der Waals surface area contributed by atoms with Crippen LogP contribution in [0, 0.1) is 11.7 Å². The zero-order valence-corrected chi connectivity index (χ0v) is 12.6. The number of likely N-dealkylation sites (tertiary alicyclic amines) is 1. The van der Waals surface area contributed by atoms with Gasteiger partial charge in [-0.1, -0.05) is 12.1 Å². The number of amides is 1. The molecule has 0 aromatic heterocycles. The molecule has 21 heavy (non-hydrogen) atoms. The molecular formula is C17H22FNO2. The Bertz CT molecular complexity index is 535. The van der Waals surface area contributed by atoms with Crippen molar-refractivity contribution in [1.29, 1.82) is 0 Å². The van der Waals surface area contributed by atoms with Crippen LogP contribution in [-0.2, 0) is 4.79 Å². The Morgan fingerprint density at radius 2 is 2.00 bits per heavy atom. The summed E-state index contributed by atoms with van der Waals surface area (Å²) in [5.74, 6) is 0.109. The maximum absolute atomic E-state index is 13.0. The van der Waals surface area contributed by atoms with Crippen LogP contribution in [0.4, 0.5) is 4.39 Å². The molecule has 0 bridgehead atoms. The lowest BCUT2D eigenvalue weighted by atomic mass is 9.96. The highest BCUT2D eigenvalue weighted by Gasteiger charge is 2.49. The van der Waals surface area contributed by atoms with E-state index < -0.39 is 5.60 Å². The molecule has 1 saturated heterocycles. The number of halogens is 1. The maximum Gasteiger partial charge on any atom is 0.226 e. The number of benzene rings is 1. The van der Waals surface area contributed by atoms with Gasteiger partial charge in [0.1, 0.15) is 5.82 Å². The van der Waals surface area contributed by atoms with Gasteiger partial charge in [-0.3, -0.25) is 4.79 Å². The molecule has 1 N–H and O–H groups in total. The van der Waals surface area contributed by atoms with Crippen molar-refractivity contribution in [3.05, 3.63) is 35.6 Å². The number of aliphatic hydroxyl groups is 1. The van der Waals surface area contributed by atoms with Crippen molar-refractivity contribution in [2.24, 2.45) is 5.92 Å². The van der Waals surface area contributed by atoms with Gasteiger partial charge in [0.15, 0.2) is 0 Å². The number of rotatable bonds is 3. The second kappa shape index (κ2) is 5.09. The Morgan fingerprint density at radius 1 is 1.33 bits per heavy atom. The summed E-state index contributed by atoms with van der Waals surface area (Å²) in [6.07, 6.45) is 2.65. The summed E-state index contributed by atoms with van der Waals surface area (Å²) in [5, 5.41) is 10.2. The quantitative estimate of drug-likeness (QED) is 0.930. The number of carbonyl (C=O) groups is 1. The molecule has 1 saturated carbocycles. The van der Waals surface area contributed by atoms with E-state index >= 15 is 0 Å². The van der Waals surface area contributed by atoms with Gasteiger partial charge in [0.25, 0.3) is 0 Å². The topological polar surface area (TPSA) is 40.5 Å². The molecule has 0 radical (unpaired) electrons. The summed E-state index contributed by atoms with van der Waals surface area (Å²) in [6.45, 7) is 4.28. The molecule has 1 aromatic rings. The van der Waals surface area contributed by atoms with Crippen molar-refractivity contribution in [3.63, 3.8) is 0 Å². The van der Waals surface area contributed by atoms with Crippen molar-refractivity contribution >= 4 is 5.91 Å². The van der Waals surface area contributed by atoms with E-state index in [0.29, 0.717) is 0 Å². The molecule has 1 amide bonds. The summed E-state index contributed by atoms with van der Waals surface area (Å²) in [4.78, 5) is 14.5. The first-order valence-corrected chi connectivity index (χ1v) is 7.66. The highest BCUT2D eigenvalue weighted by atomic mass is 19.1. The Kier molecular flexibility index (Phi) is 3.52. The lowest BCUT2D eigenvalue weighted by molar-refractivity contribution is -0.138. The molecule has 3 rings (SSSR count). The highest BCUT2D eigenvalue weighted by Crippen LogP contribution is 2.49. The predicted molar refractivity (Wildman–Crippen MR) is 78.3 cm³/mol. The molecule has 4 heteroatoms. The summed E-state index contributed by atoms with van der Waals surface area (Å²) in [7, 11) is 0. The number of carbonyl (C=O) groups excluding carboxylic acids is 1. The zero-order chi connectivity index (χ0) is 15.2. The first kappa shape index (κ1) is 14.5. The average Bonchev–Trinajstić information content (AvgIpc) is 3.04. The Hall–Kier alpha value is -1.42. The van der Waals surface area contributed by atoms with Crippen LogP contribution in [0.3, 0.4) is 0 Å². The normalized spacial score (nSPS) is 28.8. The first-order valence-electron chi connectivity index (χ1n) is 7.66. The van der Waals surface area contributed by atoms with E-state index in [0.717, 1.165) is 31.4 Å². The first-order chi connectivity index (χ1) is 9.88. The maximum atomic E-state index is 13.0. The third-order valence-electron chi connectivity index (χ3n) is 4.76.